The lowest BCUT2D eigenvalue weighted by Gasteiger charge is -2.11. The second kappa shape index (κ2) is 6.01. The number of nitrogens with zero attached hydrogens (tertiary/aromatic N) is 3. The average molecular weight is 273 g/mol. The van der Waals surface area contributed by atoms with Crippen molar-refractivity contribution in [3.63, 3.8) is 0 Å². The fourth-order valence-electron chi connectivity index (χ4n) is 1.49. The van der Waals surface area contributed by atoms with E-state index in [1.807, 2.05) is 18.2 Å². The van der Waals surface area contributed by atoms with Gasteiger partial charge in [0.05, 0.1) is 5.69 Å². The zero-order valence-electron chi connectivity index (χ0n) is 11.3. The van der Waals surface area contributed by atoms with E-state index in [0.29, 0.717) is 5.69 Å². The molecule has 1 heterocycles. The van der Waals surface area contributed by atoms with Crippen molar-refractivity contribution in [2.24, 2.45) is 0 Å². The average Bonchev–Trinajstić information content (AvgIpc) is 2.46. The van der Waals surface area contributed by atoms with Crippen LogP contribution in [0.15, 0.2) is 47.3 Å². The number of rotatable bonds is 4. The first-order valence-corrected chi connectivity index (χ1v) is 6.06. The molecule has 0 aliphatic carbocycles. The van der Waals surface area contributed by atoms with Crippen LogP contribution in [0.4, 0.5) is 0 Å². The van der Waals surface area contributed by atoms with Crippen molar-refractivity contribution in [3.8, 4) is 11.6 Å². The number of ether oxygens (including phenoxy) is 1. The highest BCUT2D eigenvalue weighted by Gasteiger charge is 2.07. The van der Waals surface area contributed by atoms with E-state index in [1.165, 1.54) is 21.7 Å². The normalized spacial score (nSPS) is 10.1. The van der Waals surface area contributed by atoms with Crippen molar-refractivity contribution < 1.29 is 9.53 Å². The topological polar surface area (TPSA) is 64.4 Å². The molecule has 6 heteroatoms. The van der Waals surface area contributed by atoms with Crippen LogP contribution in [0.1, 0.15) is 0 Å². The van der Waals surface area contributed by atoms with Crippen LogP contribution in [-0.2, 0) is 4.79 Å². The Kier molecular flexibility index (Phi) is 4.14. The molecule has 0 aliphatic rings. The van der Waals surface area contributed by atoms with Crippen LogP contribution in [0.2, 0.25) is 0 Å². The zero-order chi connectivity index (χ0) is 14.5. The van der Waals surface area contributed by atoms with E-state index in [0.717, 1.165) is 0 Å². The smallest absolute Gasteiger partial charge is 0.271 e. The Morgan fingerprint density at radius 3 is 2.55 bits per heavy atom. The molecule has 0 radical (unpaired) electrons. The standard InChI is InChI=1S/C14H15N3O3/c1-16(2)14(19)10-20-12-8-9-13(18)17(15-12)11-6-4-3-5-7-11/h3-9H,10H2,1-2H3. The van der Waals surface area contributed by atoms with Crippen LogP contribution < -0.4 is 10.3 Å². The predicted octanol–water partition coefficient (Wildman–Crippen LogP) is 0.699. The molecule has 0 spiro atoms. The molecular weight excluding hydrogens is 258 g/mol. The number of para-hydroxylation sites is 1. The first-order valence-electron chi connectivity index (χ1n) is 6.06. The van der Waals surface area contributed by atoms with Crippen LogP contribution in [-0.4, -0.2) is 41.3 Å². The highest BCUT2D eigenvalue weighted by atomic mass is 16.5. The summed E-state index contributed by atoms with van der Waals surface area (Å²) >= 11 is 0. The monoisotopic (exact) mass is 273 g/mol. The highest BCUT2D eigenvalue weighted by Crippen LogP contribution is 2.07. The molecule has 20 heavy (non-hydrogen) atoms. The summed E-state index contributed by atoms with van der Waals surface area (Å²) in [5.41, 5.74) is 0.379. The van der Waals surface area contributed by atoms with E-state index in [2.05, 4.69) is 5.10 Å². The van der Waals surface area contributed by atoms with Crippen molar-refractivity contribution in [1.82, 2.24) is 14.7 Å². The van der Waals surface area contributed by atoms with Gasteiger partial charge < -0.3 is 9.64 Å². The minimum Gasteiger partial charge on any atom is -0.467 e. The molecule has 0 atom stereocenters. The summed E-state index contributed by atoms with van der Waals surface area (Å²) in [5.74, 6) is 0.0490. The molecule has 0 N–H and O–H groups in total. The van der Waals surface area contributed by atoms with Gasteiger partial charge >= 0.3 is 0 Å². The van der Waals surface area contributed by atoms with Crippen LogP contribution in [0.5, 0.6) is 5.88 Å². The molecule has 6 nitrogen and oxygen atoms in total. The quantitative estimate of drug-likeness (QED) is 0.822. The Morgan fingerprint density at radius 1 is 1.20 bits per heavy atom. The molecule has 0 saturated heterocycles. The fraction of sp³-hybridized carbons (Fsp3) is 0.214. The molecule has 0 aliphatic heterocycles. The molecule has 1 aromatic carbocycles. The number of aromatic nitrogens is 2. The van der Waals surface area contributed by atoms with E-state index < -0.39 is 0 Å². The first-order chi connectivity index (χ1) is 9.58. The van der Waals surface area contributed by atoms with Gasteiger partial charge in [-0.3, -0.25) is 9.59 Å². The van der Waals surface area contributed by atoms with E-state index in [9.17, 15) is 9.59 Å². The van der Waals surface area contributed by atoms with Gasteiger partial charge in [-0.2, -0.15) is 4.68 Å². The van der Waals surface area contributed by atoms with Crippen molar-refractivity contribution in [1.29, 1.82) is 0 Å². The van der Waals surface area contributed by atoms with Gasteiger partial charge in [0.25, 0.3) is 11.5 Å². The van der Waals surface area contributed by atoms with E-state index in [1.54, 1.807) is 26.2 Å². The van der Waals surface area contributed by atoms with Gasteiger partial charge in [-0.1, -0.05) is 18.2 Å². The maximum Gasteiger partial charge on any atom is 0.271 e. The van der Waals surface area contributed by atoms with E-state index >= 15 is 0 Å². The van der Waals surface area contributed by atoms with Gasteiger partial charge in [0.15, 0.2) is 6.61 Å². The zero-order valence-corrected chi connectivity index (χ0v) is 11.3. The maximum absolute atomic E-state index is 11.8. The molecule has 0 saturated carbocycles. The molecule has 2 rings (SSSR count). The van der Waals surface area contributed by atoms with Gasteiger partial charge in [-0.25, -0.2) is 0 Å². The summed E-state index contributed by atoms with van der Waals surface area (Å²) in [6, 6.07) is 11.8. The molecular formula is C14H15N3O3. The number of carbonyl (C=O) groups excluding carboxylic acids is 1. The largest absolute Gasteiger partial charge is 0.467 e. The molecule has 0 bridgehead atoms. The minimum absolute atomic E-state index is 0.118. The lowest BCUT2D eigenvalue weighted by atomic mass is 10.3. The van der Waals surface area contributed by atoms with Gasteiger partial charge in [0.2, 0.25) is 5.88 Å². The molecule has 0 fully saturated rings. The summed E-state index contributed by atoms with van der Waals surface area (Å²) in [7, 11) is 3.29. The van der Waals surface area contributed by atoms with Crippen LogP contribution >= 0.6 is 0 Å². The summed E-state index contributed by atoms with van der Waals surface area (Å²) in [6.45, 7) is -0.118. The highest BCUT2D eigenvalue weighted by molar-refractivity contribution is 5.77. The summed E-state index contributed by atoms with van der Waals surface area (Å²) in [6.07, 6.45) is 0. The Morgan fingerprint density at radius 2 is 1.90 bits per heavy atom. The summed E-state index contributed by atoms with van der Waals surface area (Å²) < 4.78 is 6.52. The number of amides is 1. The van der Waals surface area contributed by atoms with Gasteiger partial charge in [-0.15, -0.1) is 5.10 Å². The van der Waals surface area contributed by atoms with E-state index in [4.69, 9.17) is 4.74 Å². The van der Waals surface area contributed by atoms with Gasteiger partial charge in [-0.05, 0) is 12.1 Å². The summed E-state index contributed by atoms with van der Waals surface area (Å²) in [4.78, 5) is 24.7. The third kappa shape index (κ3) is 3.23. The molecule has 0 unspecified atom stereocenters. The second-order valence-electron chi connectivity index (χ2n) is 4.33. The van der Waals surface area contributed by atoms with Gasteiger partial charge in [0, 0.05) is 26.2 Å². The van der Waals surface area contributed by atoms with Crippen molar-refractivity contribution >= 4 is 5.91 Å². The fourth-order valence-corrected chi connectivity index (χ4v) is 1.49. The predicted molar refractivity (Wildman–Crippen MR) is 74.0 cm³/mol. The summed E-state index contributed by atoms with van der Waals surface area (Å²) in [5, 5.41) is 4.09. The van der Waals surface area contributed by atoms with Crippen molar-refractivity contribution in [2.75, 3.05) is 20.7 Å². The molecule has 104 valence electrons. The van der Waals surface area contributed by atoms with E-state index in [-0.39, 0.29) is 24.0 Å². The molecule has 1 amide bonds. The SMILES string of the molecule is CN(C)C(=O)COc1ccc(=O)n(-c2ccccc2)n1. The number of hydrogen-bond donors (Lipinski definition) is 0. The van der Waals surface area contributed by atoms with Crippen molar-refractivity contribution in [2.45, 2.75) is 0 Å². The second-order valence-corrected chi connectivity index (χ2v) is 4.33. The van der Waals surface area contributed by atoms with Crippen LogP contribution in [0.25, 0.3) is 5.69 Å². The number of hydrogen-bond acceptors (Lipinski definition) is 4. The Labute approximate surface area is 116 Å². The third-order valence-electron chi connectivity index (χ3n) is 2.62. The van der Waals surface area contributed by atoms with Crippen molar-refractivity contribution in [3.05, 3.63) is 52.8 Å². The lowest BCUT2D eigenvalue weighted by molar-refractivity contribution is -0.130. The third-order valence-corrected chi connectivity index (χ3v) is 2.62. The minimum atomic E-state index is -0.262. The number of carbonyl (C=O) groups is 1. The molecule has 1 aromatic heterocycles. The Bertz CT molecular complexity index is 650. The molecule has 2 aromatic rings. The first kappa shape index (κ1) is 13.8. The van der Waals surface area contributed by atoms with Crippen LogP contribution in [0, 0.1) is 0 Å². The Balaban J connectivity index is 2.22. The van der Waals surface area contributed by atoms with Crippen LogP contribution in [0.3, 0.4) is 0 Å². The number of likely N-dealkylation sites (N-methyl/N-ethyl adjacent to an activating group) is 1. The van der Waals surface area contributed by atoms with Gasteiger partial charge in [0.1, 0.15) is 0 Å². The maximum atomic E-state index is 11.8. The Hall–Kier alpha value is -2.63. The lowest BCUT2D eigenvalue weighted by Crippen LogP contribution is -2.28. The number of benzene rings is 1.